The number of aryl methyl sites for hydroxylation is 1. The molecule has 0 fully saturated rings. The Morgan fingerprint density at radius 1 is 1.43 bits per heavy atom. The fourth-order valence-electron chi connectivity index (χ4n) is 2.04. The lowest BCUT2D eigenvalue weighted by molar-refractivity contribution is 0.217. The molecule has 0 bridgehead atoms. The number of fused-ring (bicyclic) bond motifs is 1. The summed E-state index contributed by atoms with van der Waals surface area (Å²) in [5.41, 5.74) is 1.72. The average Bonchev–Trinajstić information content (AvgIpc) is 3.06. The lowest BCUT2D eigenvalue weighted by Gasteiger charge is -2.16. The van der Waals surface area contributed by atoms with Crippen molar-refractivity contribution in [1.29, 1.82) is 0 Å². The van der Waals surface area contributed by atoms with Crippen LogP contribution in [0.5, 0.6) is 0 Å². The molecule has 2 aromatic heterocycles. The van der Waals surface area contributed by atoms with E-state index in [1.807, 2.05) is 31.2 Å². The van der Waals surface area contributed by atoms with Crippen molar-refractivity contribution in [2.24, 2.45) is 0 Å². The topological polar surface area (TPSA) is 58.4 Å². The summed E-state index contributed by atoms with van der Waals surface area (Å²) >= 11 is 1.61. The van der Waals surface area contributed by atoms with Gasteiger partial charge in [0.15, 0.2) is 0 Å². The van der Waals surface area contributed by atoms with E-state index in [4.69, 9.17) is 4.42 Å². The molecule has 3 aromatic rings. The fourth-order valence-corrected chi connectivity index (χ4v) is 2.91. The molecule has 0 atom stereocenters. The number of aromatic nitrogens is 1. The predicted octanol–water partition coefficient (Wildman–Crippen LogP) is 3.86. The molecule has 0 aliphatic carbocycles. The number of urea groups is 1. The van der Waals surface area contributed by atoms with Gasteiger partial charge in [0.1, 0.15) is 5.76 Å². The number of nitrogens with one attached hydrogen (secondary N) is 1. The molecule has 0 aliphatic heterocycles. The molecular formula is C15H15N3O2S. The Morgan fingerprint density at radius 3 is 3.05 bits per heavy atom. The van der Waals surface area contributed by atoms with Crippen molar-refractivity contribution in [3.63, 3.8) is 0 Å². The first-order valence-corrected chi connectivity index (χ1v) is 7.35. The van der Waals surface area contributed by atoms with Crippen molar-refractivity contribution < 1.29 is 9.21 Å². The largest absolute Gasteiger partial charge is 0.467 e. The Hall–Kier alpha value is -2.34. The minimum Gasteiger partial charge on any atom is -0.467 e. The van der Waals surface area contributed by atoms with Gasteiger partial charge < -0.3 is 14.6 Å². The summed E-state index contributed by atoms with van der Waals surface area (Å²) in [5.74, 6) is 0.751. The highest BCUT2D eigenvalue weighted by Gasteiger charge is 2.11. The van der Waals surface area contributed by atoms with Crippen molar-refractivity contribution in [1.82, 2.24) is 9.88 Å². The maximum Gasteiger partial charge on any atom is 0.321 e. The third-order valence-corrected chi connectivity index (χ3v) is 4.00. The molecular weight excluding hydrogens is 286 g/mol. The first kappa shape index (κ1) is 13.6. The molecule has 3 rings (SSSR count). The van der Waals surface area contributed by atoms with E-state index in [9.17, 15) is 4.79 Å². The number of nitrogens with zero attached hydrogens (tertiary/aromatic N) is 2. The monoisotopic (exact) mass is 301 g/mol. The number of amides is 2. The van der Waals surface area contributed by atoms with Crippen molar-refractivity contribution >= 4 is 33.3 Å². The van der Waals surface area contributed by atoms with Crippen molar-refractivity contribution in [3.8, 4) is 0 Å². The van der Waals surface area contributed by atoms with Crippen LogP contribution in [0.4, 0.5) is 10.5 Å². The lowest BCUT2D eigenvalue weighted by Crippen LogP contribution is -2.30. The summed E-state index contributed by atoms with van der Waals surface area (Å²) in [4.78, 5) is 18.1. The summed E-state index contributed by atoms with van der Waals surface area (Å²) in [7, 11) is 1.73. The van der Waals surface area contributed by atoms with E-state index in [0.717, 1.165) is 26.7 Å². The van der Waals surface area contributed by atoms with Crippen LogP contribution in [0.25, 0.3) is 10.2 Å². The van der Waals surface area contributed by atoms with Gasteiger partial charge in [-0.25, -0.2) is 9.78 Å². The fraction of sp³-hybridized carbons (Fsp3) is 0.200. The number of hydrogen-bond acceptors (Lipinski definition) is 4. The third kappa shape index (κ3) is 3.05. The van der Waals surface area contributed by atoms with Crippen LogP contribution in [0.15, 0.2) is 41.0 Å². The van der Waals surface area contributed by atoms with Crippen molar-refractivity contribution in [2.45, 2.75) is 13.5 Å². The van der Waals surface area contributed by atoms with Crippen LogP contribution in [0.2, 0.25) is 0 Å². The van der Waals surface area contributed by atoms with Gasteiger partial charge >= 0.3 is 6.03 Å². The van der Waals surface area contributed by atoms with Gasteiger partial charge in [0.25, 0.3) is 0 Å². The summed E-state index contributed by atoms with van der Waals surface area (Å²) in [5, 5.41) is 3.90. The van der Waals surface area contributed by atoms with E-state index in [1.165, 1.54) is 0 Å². The summed E-state index contributed by atoms with van der Waals surface area (Å²) in [6.45, 7) is 2.40. The molecule has 0 unspecified atom stereocenters. The van der Waals surface area contributed by atoms with Crippen LogP contribution >= 0.6 is 11.3 Å². The zero-order chi connectivity index (χ0) is 14.8. The Labute approximate surface area is 126 Å². The SMILES string of the molecule is Cc1nc2ccc(NC(=O)N(C)Cc3ccco3)cc2s1. The second-order valence-electron chi connectivity index (χ2n) is 4.78. The summed E-state index contributed by atoms with van der Waals surface area (Å²) in [6, 6.07) is 9.20. The predicted molar refractivity (Wildman–Crippen MR) is 83.6 cm³/mol. The Balaban J connectivity index is 1.70. The highest BCUT2D eigenvalue weighted by atomic mass is 32.1. The summed E-state index contributed by atoms with van der Waals surface area (Å²) < 4.78 is 6.31. The zero-order valence-corrected chi connectivity index (χ0v) is 12.6. The van der Waals surface area contributed by atoms with Gasteiger partial charge in [0, 0.05) is 12.7 Å². The van der Waals surface area contributed by atoms with Gasteiger partial charge in [-0.2, -0.15) is 0 Å². The minimum absolute atomic E-state index is 0.174. The van der Waals surface area contributed by atoms with Gasteiger partial charge in [-0.05, 0) is 37.3 Å². The smallest absolute Gasteiger partial charge is 0.321 e. The molecule has 0 spiro atoms. The molecule has 0 radical (unpaired) electrons. The van der Waals surface area contributed by atoms with Gasteiger partial charge in [-0.3, -0.25) is 0 Å². The van der Waals surface area contributed by atoms with E-state index in [-0.39, 0.29) is 6.03 Å². The molecule has 0 saturated carbocycles. The average molecular weight is 301 g/mol. The van der Waals surface area contributed by atoms with Gasteiger partial charge in [0.2, 0.25) is 0 Å². The number of rotatable bonds is 3. The molecule has 6 heteroatoms. The molecule has 0 saturated heterocycles. The Kier molecular flexibility index (Phi) is 3.62. The molecule has 2 heterocycles. The van der Waals surface area contributed by atoms with Crippen molar-refractivity contribution in [3.05, 3.63) is 47.4 Å². The van der Waals surface area contributed by atoms with Gasteiger partial charge in [0.05, 0.1) is 28.0 Å². The maximum absolute atomic E-state index is 12.1. The Morgan fingerprint density at radius 2 is 2.29 bits per heavy atom. The van der Waals surface area contributed by atoms with Gasteiger partial charge in [-0.1, -0.05) is 0 Å². The first-order chi connectivity index (χ1) is 10.1. The number of thiazole rings is 1. The standard InChI is InChI=1S/C15H15N3O2S/c1-10-16-13-6-5-11(8-14(13)21-10)17-15(19)18(2)9-12-4-3-7-20-12/h3-8H,9H2,1-2H3,(H,17,19). The van der Waals surface area contributed by atoms with Crippen LogP contribution < -0.4 is 5.32 Å². The van der Waals surface area contributed by atoms with E-state index in [1.54, 1.807) is 35.6 Å². The quantitative estimate of drug-likeness (QED) is 0.799. The van der Waals surface area contributed by atoms with E-state index < -0.39 is 0 Å². The first-order valence-electron chi connectivity index (χ1n) is 6.53. The number of benzene rings is 1. The van der Waals surface area contributed by atoms with E-state index >= 15 is 0 Å². The zero-order valence-electron chi connectivity index (χ0n) is 11.8. The lowest BCUT2D eigenvalue weighted by atomic mass is 10.3. The van der Waals surface area contributed by atoms with E-state index in [2.05, 4.69) is 10.3 Å². The normalized spacial score (nSPS) is 10.8. The minimum atomic E-state index is -0.174. The van der Waals surface area contributed by atoms with E-state index in [0.29, 0.717) is 6.54 Å². The molecule has 21 heavy (non-hydrogen) atoms. The second-order valence-corrected chi connectivity index (χ2v) is 6.02. The van der Waals surface area contributed by atoms with Crippen LogP contribution in [0.3, 0.4) is 0 Å². The molecule has 5 nitrogen and oxygen atoms in total. The number of carbonyl (C=O) groups excluding carboxylic acids is 1. The highest BCUT2D eigenvalue weighted by Crippen LogP contribution is 2.24. The van der Waals surface area contributed by atoms with Crippen LogP contribution in [-0.4, -0.2) is 23.0 Å². The number of carbonyl (C=O) groups is 1. The number of hydrogen-bond donors (Lipinski definition) is 1. The third-order valence-electron chi connectivity index (χ3n) is 3.07. The van der Waals surface area contributed by atoms with Crippen LogP contribution in [0.1, 0.15) is 10.8 Å². The van der Waals surface area contributed by atoms with Crippen LogP contribution in [0, 0.1) is 6.92 Å². The number of furan rings is 1. The van der Waals surface area contributed by atoms with Crippen molar-refractivity contribution in [2.75, 3.05) is 12.4 Å². The Bertz CT molecular complexity index is 764. The molecule has 0 aliphatic rings. The molecule has 1 N–H and O–H groups in total. The molecule has 1 aromatic carbocycles. The highest BCUT2D eigenvalue weighted by molar-refractivity contribution is 7.18. The molecule has 108 valence electrons. The second kappa shape index (κ2) is 5.57. The maximum atomic E-state index is 12.1. The van der Waals surface area contributed by atoms with Gasteiger partial charge in [-0.15, -0.1) is 11.3 Å². The van der Waals surface area contributed by atoms with Crippen LogP contribution in [-0.2, 0) is 6.54 Å². The summed E-state index contributed by atoms with van der Waals surface area (Å²) in [6.07, 6.45) is 1.60. The molecule has 2 amide bonds. The number of anilines is 1.